The average molecular weight is 248 g/mol. The molecule has 1 N–H and O–H groups in total. The zero-order chi connectivity index (χ0) is 13.1. The predicted molar refractivity (Wildman–Crippen MR) is 54.3 cm³/mol. The van der Waals surface area contributed by atoms with E-state index in [1.54, 1.807) is 13.0 Å². The number of carboxylic acids is 1. The van der Waals surface area contributed by atoms with E-state index in [0.29, 0.717) is 5.56 Å². The van der Waals surface area contributed by atoms with Gasteiger partial charge in [-0.3, -0.25) is 0 Å². The lowest BCUT2D eigenvalue weighted by atomic mass is 10.1. The van der Waals surface area contributed by atoms with Crippen LogP contribution >= 0.6 is 0 Å². The highest BCUT2D eigenvalue weighted by molar-refractivity contribution is 5.91. The van der Waals surface area contributed by atoms with Gasteiger partial charge in [0.05, 0.1) is 13.0 Å². The van der Waals surface area contributed by atoms with Gasteiger partial charge in [0.15, 0.2) is 0 Å². The Balaban J connectivity index is 2.74. The number of rotatable bonds is 4. The topological polar surface area (TPSA) is 46.5 Å². The number of ether oxygens (including phenoxy) is 1. The maximum Gasteiger partial charge on any atom is 0.392 e. The van der Waals surface area contributed by atoms with Gasteiger partial charge in [-0.15, -0.1) is 0 Å². The van der Waals surface area contributed by atoms with Gasteiger partial charge >= 0.3 is 12.1 Å². The fraction of sp³-hybridized carbons (Fsp3) is 0.364. The van der Waals surface area contributed by atoms with Crippen molar-refractivity contribution in [3.8, 4) is 5.75 Å². The molecule has 0 unspecified atom stereocenters. The molecule has 0 aliphatic rings. The van der Waals surface area contributed by atoms with E-state index in [2.05, 4.69) is 0 Å². The minimum Gasteiger partial charge on any atom is -0.492 e. The summed E-state index contributed by atoms with van der Waals surface area (Å²) in [7, 11) is 0. The highest BCUT2D eigenvalue weighted by Gasteiger charge is 2.27. The Morgan fingerprint density at radius 1 is 1.41 bits per heavy atom. The number of carbonyl (C=O) groups is 1. The molecule has 6 heteroatoms. The Morgan fingerprint density at radius 3 is 2.59 bits per heavy atom. The molecule has 17 heavy (non-hydrogen) atoms. The van der Waals surface area contributed by atoms with E-state index < -0.39 is 25.2 Å². The lowest BCUT2D eigenvalue weighted by Gasteiger charge is -2.11. The normalized spacial score (nSPS) is 11.3. The van der Waals surface area contributed by atoms with Crippen LogP contribution < -0.4 is 4.74 Å². The standard InChI is InChI=1S/C11H11F3O3/c1-7-2-3-9(8(6-7)10(15)16)17-5-4-11(12,13)14/h2-3,6H,4-5H2,1H3,(H,15,16). The van der Waals surface area contributed by atoms with Crippen LogP contribution in [0.3, 0.4) is 0 Å². The van der Waals surface area contributed by atoms with E-state index >= 15 is 0 Å². The number of aryl methyl sites for hydroxylation is 1. The molecule has 0 aliphatic carbocycles. The smallest absolute Gasteiger partial charge is 0.392 e. The highest BCUT2D eigenvalue weighted by atomic mass is 19.4. The second-order valence-electron chi connectivity index (χ2n) is 3.52. The van der Waals surface area contributed by atoms with Gasteiger partial charge in [0, 0.05) is 0 Å². The Kier molecular flexibility index (Phi) is 3.98. The number of alkyl halides is 3. The van der Waals surface area contributed by atoms with Gasteiger partial charge in [-0.05, 0) is 19.1 Å². The molecule has 1 aromatic rings. The Bertz CT molecular complexity index is 413. The van der Waals surface area contributed by atoms with Crippen molar-refractivity contribution in [2.24, 2.45) is 0 Å². The molecule has 1 rings (SSSR count). The molecule has 94 valence electrons. The SMILES string of the molecule is Cc1ccc(OCCC(F)(F)F)c(C(=O)O)c1. The molecule has 0 saturated carbocycles. The third-order valence-corrected chi connectivity index (χ3v) is 2.01. The minimum atomic E-state index is -4.31. The van der Waals surface area contributed by atoms with Crippen LogP contribution in [-0.2, 0) is 0 Å². The van der Waals surface area contributed by atoms with E-state index in [9.17, 15) is 18.0 Å². The van der Waals surface area contributed by atoms with E-state index in [4.69, 9.17) is 9.84 Å². The van der Waals surface area contributed by atoms with Crippen LogP contribution in [0.5, 0.6) is 5.75 Å². The first-order valence-corrected chi connectivity index (χ1v) is 4.83. The van der Waals surface area contributed by atoms with Gasteiger partial charge in [0.2, 0.25) is 0 Å². The lowest BCUT2D eigenvalue weighted by molar-refractivity contribution is -0.139. The molecule has 0 aliphatic heterocycles. The van der Waals surface area contributed by atoms with Crippen LogP contribution in [0.2, 0.25) is 0 Å². The highest BCUT2D eigenvalue weighted by Crippen LogP contribution is 2.23. The predicted octanol–water partition coefficient (Wildman–Crippen LogP) is 3.02. The largest absolute Gasteiger partial charge is 0.492 e. The van der Waals surface area contributed by atoms with Gasteiger partial charge in [-0.2, -0.15) is 13.2 Å². The molecule has 0 heterocycles. The number of halogens is 3. The summed E-state index contributed by atoms with van der Waals surface area (Å²) in [6.07, 6.45) is -5.42. The number of carboxylic acid groups (broad SMARTS) is 1. The monoisotopic (exact) mass is 248 g/mol. The van der Waals surface area contributed by atoms with Crippen molar-refractivity contribution in [1.82, 2.24) is 0 Å². The lowest BCUT2D eigenvalue weighted by Crippen LogP contribution is -2.14. The average Bonchev–Trinajstić information content (AvgIpc) is 2.18. The van der Waals surface area contributed by atoms with Crippen LogP contribution in [0.25, 0.3) is 0 Å². The van der Waals surface area contributed by atoms with Gasteiger partial charge in [0.25, 0.3) is 0 Å². The van der Waals surface area contributed by atoms with Crippen LogP contribution in [0.15, 0.2) is 18.2 Å². The van der Waals surface area contributed by atoms with Gasteiger partial charge in [-0.25, -0.2) is 4.79 Å². The second-order valence-corrected chi connectivity index (χ2v) is 3.52. The molecule has 0 spiro atoms. The van der Waals surface area contributed by atoms with E-state index in [1.807, 2.05) is 0 Å². The number of benzene rings is 1. The van der Waals surface area contributed by atoms with Gasteiger partial charge in [0.1, 0.15) is 11.3 Å². The van der Waals surface area contributed by atoms with E-state index in [-0.39, 0.29) is 11.3 Å². The molecule has 0 amide bonds. The van der Waals surface area contributed by atoms with Crippen LogP contribution in [0.1, 0.15) is 22.3 Å². The summed E-state index contributed by atoms with van der Waals surface area (Å²) < 4.78 is 40.5. The van der Waals surface area contributed by atoms with E-state index in [1.165, 1.54) is 12.1 Å². The fourth-order valence-corrected chi connectivity index (χ4v) is 1.21. The van der Waals surface area contributed by atoms with Crippen molar-refractivity contribution >= 4 is 5.97 Å². The first-order valence-electron chi connectivity index (χ1n) is 4.83. The molecule has 0 atom stereocenters. The molecule has 0 saturated heterocycles. The van der Waals surface area contributed by atoms with Crippen LogP contribution in [0.4, 0.5) is 13.2 Å². The first-order chi connectivity index (χ1) is 7.79. The summed E-state index contributed by atoms with van der Waals surface area (Å²) in [6, 6.07) is 4.29. The second kappa shape index (κ2) is 5.07. The zero-order valence-electron chi connectivity index (χ0n) is 9.04. The van der Waals surface area contributed by atoms with Crippen molar-refractivity contribution in [2.75, 3.05) is 6.61 Å². The van der Waals surface area contributed by atoms with Gasteiger partial charge in [-0.1, -0.05) is 11.6 Å². The Hall–Kier alpha value is -1.72. The van der Waals surface area contributed by atoms with Crippen molar-refractivity contribution < 1.29 is 27.8 Å². The molecule has 0 radical (unpaired) electrons. The molecule has 3 nitrogen and oxygen atoms in total. The first kappa shape index (κ1) is 13.3. The summed E-state index contributed by atoms with van der Waals surface area (Å²) in [4.78, 5) is 10.8. The maximum atomic E-state index is 11.9. The maximum absolute atomic E-state index is 11.9. The zero-order valence-corrected chi connectivity index (χ0v) is 9.04. The Morgan fingerprint density at radius 2 is 2.06 bits per heavy atom. The fourth-order valence-electron chi connectivity index (χ4n) is 1.21. The Labute approximate surface area is 95.8 Å². The molecule has 0 aromatic heterocycles. The minimum absolute atomic E-state index is 0.0487. The number of hydrogen-bond donors (Lipinski definition) is 1. The molecule has 1 aromatic carbocycles. The van der Waals surface area contributed by atoms with E-state index in [0.717, 1.165) is 0 Å². The quantitative estimate of drug-likeness (QED) is 0.890. The summed E-state index contributed by atoms with van der Waals surface area (Å²) in [5.41, 5.74) is 0.567. The third kappa shape index (κ3) is 4.34. The van der Waals surface area contributed by atoms with Crippen molar-refractivity contribution in [3.63, 3.8) is 0 Å². The third-order valence-electron chi connectivity index (χ3n) is 2.01. The molecule has 0 fully saturated rings. The van der Waals surface area contributed by atoms with Crippen molar-refractivity contribution in [2.45, 2.75) is 19.5 Å². The van der Waals surface area contributed by atoms with Crippen LogP contribution in [0, 0.1) is 6.92 Å². The summed E-state index contributed by atoms with van der Waals surface area (Å²) in [5.74, 6) is -1.27. The van der Waals surface area contributed by atoms with Crippen LogP contribution in [-0.4, -0.2) is 23.9 Å². The number of aromatic carboxylic acids is 1. The summed E-state index contributed by atoms with van der Waals surface area (Å²) >= 11 is 0. The molecule has 0 bridgehead atoms. The molecular formula is C11H11F3O3. The number of hydrogen-bond acceptors (Lipinski definition) is 2. The summed E-state index contributed by atoms with van der Waals surface area (Å²) in [5, 5.41) is 8.85. The van der Waals surface area contributed by atoms with Crippen molar-refractivity contribution in [1.29, 1.82) is 0 Å². The summed E-state index contributed by atoms with van der Waals surface area (Å²) in [6.45, 7) is 1.10. The van der Waals surface area contributed by atoms with Gasteiger partial charge < -0.3 is 9.84 Å². The van der Waals surface area contributed by atoms with Crippen molar-refractivity contribution in [3.05, 3.63) is 29.3 Å². The molecular weight excluding hydrogens is 237 g/mol.